The van der Waals surface area contributed by atoms with Crippen LogP contribution in [-0.2, 0) is 0 Å². The molecule has 0 spiro atoms. The predicted molar refractivity (Wildman–Crippen MR) is 66.5 cm³/mol. The minimum Gasteiger partial charge on any atom is -0.392 e. The minimum atomic E-state index is -0.0948. The van der Waals surface area contributed by atoms with Crippen molar-refractivity contribution in [2.24, 2.45) is 5.92 Å². The van der Waals surface area contributed by atoms with Crippen molar-refractivity contribution in [3.05, 3.63) is 0 Å². The summed E-state index contributed by atoms with van der Waals surface area (Å²) in [5, 5.41) is 13.3. The topological polar surface area (TPSA) is 35.5 Å². The van der Waals surface area contributed by atoms with Crippen molar-refractivity contribution in [2.75, 3.05) is 19.6 Å². The van der Waals surface area contributed by atoms with Crippen molar-refractivity contribution in [1.29, 1.82) is 0 Å². The molecule has 3 atom stereocenters. The van der Waals surface area contributed by atoms with E-state index in [0.717, 1.165) is 25.3 Å². The maximum atomic E-state index is 9.73. The van der Waals surface area contributed by atoms with E-state index in [2.05, 4.69) is 24.1 Å². The van der Waals surface area contributed by atoms with E-state index in [4.69, 9.17) is 0 Å². The van der Waals surface area contributed by atoms with E-state index in [1.807, 2.05) is 0 Å². The Labute approximate surface area is 99.2 Å². The van der Waals surface area contributed by atoms with E-state index in [-0.39, 0.29) is 6.10 Å². The van der Waals surface area contributed by atoms with E-state index < -0.39 is 0 Å². The first kappa shape index (κ1) is 12.3. The van der Waals surface area contributed by atoms with Crippen LogP contribution in [0, 0.1) is 5.92 Å². The molecule has 2 fully saturated rings. The molecule has 0 bridgehead atoms. The third kappa shape index (κ3) is 2.96. The zero-order chi connectivity index (χ0) is 11.5. The molecule has 2 N–H and O–H groups in total. The number of nitrogens with zero attached hydrogens (tertiary/aromatic N) is 1. The van der Waals surface area contributed by atoms with Gasteiger partial charge < -0.3 is 15.3 Å². The molecular formula is C13H26N2O. The Morgan fingerprint density at radius 2 is 2.12 bits per heavy atom. The third-order valence-corrected chi connectivity index (χ3v) is 4.20. The van der Waals surface area contributed by atoms with Gasteiger partial charge >= 0.3 is 0 Å². The van der Waals surface area contributed by atoms with Gasteiger partial charge in [0.05, 0.1) is 6.10 Å². The van der Waals surface area contributed by atoms with E-state index in [1.165, 1.54) is 25.9 Å². The lowest BCUT2D eigenvalue weighted by molar-refractivity contribution is 0.146. The van der Waals surface area contributed by atoms with Gasteiger partial charge in [-0.25, -0.2) is 0 Å². The summed E-state index contributed by atoms with van der Waals surface area (Å²) >= 11 is 0. The first-order valence-electron chi connectivity index (χ1n) is 6.82. The molecule has 16 heavy (non-hydrogen) atoms. The van der Waals surface area contributed by atoms with Crippen LogP contribution in [0.5, 0.6) is 0 Å². The molecule has 1 saturated heterocycles. The highest BCUT2D eigenvalue weighted by Crippen LogP contribution is 2.21. The van der Waals surface area contributed by atoms with Crippen LogP contribution in [0.25, 0.3) is 0 Å². The minimum absolute atomic E-state index is 0.0948. The summed E-state index contributed by atoms with van der Waals surface area (Å²) in [7, 11) is 0. The standard InChI is InChI=1S/C13H26N2O/c1-10(2)15-7-6-11(9-15)8-14-12-4-3-5-13(12)16/h10-14,16H,3-9H2,1-2H3/t11?,12-,13-/m0/s1. The Hall–Kier alpha value is -0.120. The summed E-state index contributed by atoms with van der Waals surface area (Å²) in [6, 6.07) is 1.05. The Morgan fingerprint density at radius 1 is 1.31 bits per heavy atom. The Kier molecular flexibility index (Phi) is 4.22. The molecule has 2 aliphatic rings. The third-order valence-electron chi connectivity index (χ3n) is 4.20. The van der Waals surface area contributed by atoms with Gasteiger partial charge in [-0.2, -0.15) is 0 Å². The van der Waals surface area contributed by atoms with E-state index in [9.17, 15) is 5.11 Å². The van der Waals surface area contributed by atoms with Crippen molar-refractivity contribution < 1.29 is 5.11 Å². The number of aliphatic hydroxyl groups excluding tert-OH is 1. The number of rotatable bonds is 4. The average molecular weight is 226 g/mol. The van der Waals surface area contributed by atoms with Crippen molar-refractivity contribution in [2.45, 2.75) is 57.7 Å². The quantitative estimate of drug-likeness (QED) is 0.756. The summed E-state index contributed by atoms with van der Waals surface area (Å²) in [6.45, 7) is 8.11. The van der Waals surface area contributed by atoms with Crippen LogP contribution in [-0.4, -0.2) is 47.8 Å². The van der Waals surface area contributed by atoms with E-state index in [1.54, 1.807) is 0 Å². The first-order chi connectivity index (χ1) is 7.66. The highest BCUT2D eigenvalue weighted by molar-refractivity contribution is 4.85. The van der Waals surface area contributed by atoms with Crippen LogP contribution in [0.3, 0.4) is 0 Å². The van der Waals surface area contributed by atoms with Crippen LogP contribution < -0.4 is 5.32 Å². The van der Waals surface area contributed by atoms with Crippen LogP contribution in [0.1, 0.15) is 39.5 Å². The molecule has 1 saturated carbocycles. The maximum absolute atomic E-state index is 9.73. The molecule has 94 valence electrons. The molecule has 0 amide bonds. The molecule has 0 aromatic rings. The molecule has 1 heterocycles. The van der Waals surface area contributed by atoms with Crippen molar-refractivity contribution >= 4 is 0 Å². The summed E-state index contributed by atoms with van der Waals surface area (Å²) in [5.41, 5.74) is 0. The van der Waals surface area contributed by atoms with Gasteiger partial charge in [-0.15, -0.1) is 0 Å². The molecule has 2 rings (SSSR count). The van der Waals surface area contributed by atoms with Gasteiger partial charge in [-0.3, -0.25) is 0 Å². The monoisotopic (exact) mass is 226 g/mol. The average Bonchev–Trinajstić information content (AvgIpc) is 2.83. The van der Waals surface area contributed by atoms with Gasteiger partial charge in [0.15, 0.2) is 0 Å². The molecule has 0 aromatic carbocycles. The number of hydrogen-bond acceptors (Lipinski definition) is 3. The number of hydrogen-bond donors (Lipinski definition) is 2. The highest BCUT2D eigenvalue weighted by atomic mass is 16.3. The lowest BCUT2D eigenvalue weighted by Crippen LogP contribution is -2.39. The van der Waals surface area contributed by atoms with Crippen molar-refractivity contribution in [3.63, 3.8) is 0 Å². The summed E-state index contributed by atoms with van der Waals surface area (Å²) in [4.78, 5) is 2.55. The number of aliphatic hydroxyl groups is 1. The fourth-order valence-corrected chi connectivity index (χ4v) is 2.99. The number of likely N-dealkylation sites (tertiary alicyclic amines) is 1. The molecule has 1 unspecified atom stereocenters. The highest BCUT2D eigenvalue weighted by Gasteiger charge is 2.28. The predicted octanol–water partition coefficient (Wildman–Crippen LogP) is 1.22. The second kappa shape index (κ2) is 5.48. The fraction of sp³-hybridized carbons (Fsp3) is 1.00. The van der Waals surface area contributed by atoms with E-state index in [0.29, 0.717) is 12.1 Å². The second-order valence-electron chi connectivity index (χ2n) is 5.76. The largest absolute Gasteiger partial charge is 0.392 e. The molecule has 0 aromatic heterocycles. The summed E-state index contributed by atoms with van der Waals surface area (Å²) < 4.78 is 0. The van der Waals surface area contributed by atoms with Crippen LogP contribution >= 0.6 is 0 Å². The number of nitrogens with one attached hydrogen (secondary N) is 1. The molecule has 0 radical (unpaired) electrons. The van der Waals surface area contributed by atoms with Gasteiger partial charge in [0.25, 0.3) is 0 Å². The molecular weight excluding hydrogens is 200 g/mol. The molecule has 1 aliphatic heterocycles. The lowest BCUT2D eigenvalue weighted by atomic mass is 10.1. The van der Waals surface area contributed by atoms with Gasteiger partial charge in [-0.05, 0) is 58.5 Å². The molecule has 3 heteroatoms. The van der Waals surface area contributed by atoms with Crippen molar-refractivity contribution in [1.82, 2.24) is 10.2 Å². The smallest absolute Gasteiger partial charge is 0.0693 e. The van der Waals surface area contributed by atoms with Gasteiger partial charge in [0, 0.05) is 18.6 Å². The van der Waals surface area contributed by atoms with Crippen LogP contribution in [0.15, 0.2) is 0 Å². The molecule has 3 nitrogen and oxygen atoms in total. The Bertz CT molecular complexity index is 220. The van der Waals surface area contributed by atoms with E-state index >= 15 is 0 Å². The van der Waals surface area contributed by atoms with Gasteiger partial charge in [0.2, 0.25) is 0 Å². The zero-order valence-corrected chi connectivity index (χ0v) is 10.7. The summed E-state index contributed by atoms with van der Waals surface area (Å²) in [5.74, 6) is 0.787. The van der Waals surface area contributed by atoms with Gasteiger partial charge in [-0.1, -0.05) is 0 Å². The van der Waals surface area contributed by atoms with Crippen LogP contribution in [0.2, 0.25) is 0 Å². The fourth-order valence-electron chi connectivity index (χ4n) is 2.99. The SMILES string of the molecule is CC(C)N1CCC(CN[C@H]2CCC[C@@H]2O)C1. The first-order valence-corrected chi connectivity index (χ1v) is 6.82. The maximum Gasteiger partial charge on any atom is 0.0693 e. The normalized spacial score (nSPS) is 36.4. The van der Waals surface area contributed by atoms with Gasteiger partial charge in [0.1, 0.15) is 0 Å². The zero-order valence-electron chi connectivity index (χ0n) is 10.7. The molecule has 1 aliphatic carbocycles. The summed E-state index contributed by atoms with van der Waals surface area (Å²) in [6.07, 6.45) is 4.54. The van der Waals surface area contributed by atoms with Crippen molar-refractivity contribution in [3.8, 4) is 0 Å². The second-order valence-corrected chi connectivity index (χ2v) is 5.76. The Balaban J connectivity index is 1.67. The Morgan fingerprint density at radius 3 is 2.69 bits per heavy atom. The van der Waals surface area contributed by atoms with Crippen LogP contribution in [0.4, 0.5) is 0 Å². The lowest BCUT2D eigenvalue weighted by Gasteiger charge is -2.22.